The van der Waals surface area contributed by atoms with Gasteiger partial charge in [-0.05, 0) is 37.6 Å². The van der Waals surface area contributed by atoms with Gasteiger partial charge in [-0.2, -0.15) is 0 Å². The van der Waals surface area contributed by atoms with E-state index >= 15 is 0 Å². The van der Waals surface area contributed by atoms with Crippen molar-refractivity contribution in [2.24, 2.45) is 5.73 Å². The molecule has 0 spiro atoms. The van der Waals surface area contributed by atoms with Crippen LogP contribution >= 0.6 is 24.8 Å². The van der Waals surface area contributed by atoms with Gasteiger partial charge < -0.3 is 20.7 Å². The first kappa shape index (κ1) is 23.1. The van der Waals surface area contributed by atoms with Crippen LogP contribution in [-0.2, 0) is 22.6 Å². The van der Waals surface area contributed by atoms with Crippen LogP contribution in [0, 0.1) is 0 Å². The molecule has 1 saturated heterocycles. The average Bonchev–Trinajstić information content (AvgIpc) is 2.53. The summed E-state index contributed by atoms with van der Waals surface area (Å²) in [6.07, 6.45) is 1.17. The van der Waals surface area contributed by atoms with Gasteiger partial charge in [-0.15, -0.1) is 24.8 Å². The molecule has 1 aromatic carbocycles. The third-order valence-corrected chi connectivity index (χ3v) is 4.27. The van der Waals surface area contributed by atoms with Crippen molar-refractivity contribution >= 4 is 30.7 Å². The zero-order valence-electron chi connectivity index (χ0n) is 14.4. The number of rotatable bonds is 6. The van der Waals surface area contributed by atoms with Crippen LogP contribution in [0.15, 0.2) is 24.3 Å². The van der Waals surface area contributed by atoms with Gasteiger partial charge in [0.15, 0.2) is 0 Å². The molecule has 3 N–H and O–H groups in total. The highest BCUT2D eigenvalue weighted by Gasteiger charge is 2.35. The predicted molar refractivity (Wildman–Crippen MR) is 102 cm³/mol. The smallest absolute Gasteiger partial charge is 0.240 e. The van der Waals surface area contributed by atoms with Gasteiger partial charge in [0, 0.05) is 26.3 Å². The van der Waals surface area contributed by atoms with E-state index in [9.17, 15) is 4.79 Å². The van der Waals surface area contributed by atoms with Crippen LogP contribution in [0.1, 0.15) is 30.9 Å². The predicted octanol–water partition coefficient (Wildman–Crippen LogP) is 2.11. The molecule has 0 bridgehead atoms. The summed E-state index contributed by atoms with van der Waals surface area (Å²) in [6.45, 7) is 5.70. The molecule has 0 radical (unpaired) electrons. The molecule has 1 aliphatic heterocycles. The summed E-state index contributed by atoms with van der Waals surface area (Å²) >= 11 is 0. The molecule has 1 aliphatic rings. The topological polar surface area (TPSA) is 67.6 Å². The van der Waals surface area contributed by atoms with Gasteiger partial charge in [0.2, 0.25) is 5.91 Å². The SMILES string of the molecule is CCN(C)Cc1cccc(CNC(=O)C2(N)CCOCC2)c1.Cl.Cl. The first-order valence-electron chi connectivity index (χ1n) is 7.95. The van der Waals surface area contributed by atoms with Gasteiger partial charge in [0.25, 0.3) is 0 Å². The normalized spacial score (nSPS) is 16.0. The lowest BCUT2D eigenvalue weighted by Crippen LogP contribution is -2.56. The average molecular weight is 378 g/mol. The van der Waals surface area contributed by atoms with E-state index in [1.54, 1.807) is 0 Å². The van der Waals surface area contributed by atoms with Crippen molar-refractivity contribution in [3.63, 3.8) is 0 Å². The van der Waals surface area contributed by atoms with Crippen molar-refractivity contribution in [1.29, 1.82) is 0 Å². The Morgan fingerprint density at radius 3 is 2.54 bits per heavy atom. The molecule has 0 aromatic heterocycles. The first-order chi connectivity index (χ1) is 10.5. The zero-order chi connectivity index (χ0) is 16.0. The number of carbonyl (C=O) groups excluding carboxylic acids is 1. The van der Waals surface area contributed by atoms with E-state index in [-0.39, 0.29) is 30.7 Å². The Bertz CT molecular complexity index is 508. The van der Waals surface area contributed by atoms with E-state index < -0.39 is 5.54 Å². The Morgan fingerprint density at radius 2 is 1.92 bits per heavy atom. The number of nitrogens with two attached hydrogens (primary N) is 1. The van der Waals surface area contributed by atoms with Crippen LogP contribution in [0.4, 0.5) is 0 Å². The van der Waals surface area contributed by atoms with Crippen molar-refractivity contribution in [2.45, 2.75) is 38.4 Å². The monoisotopic (exact) mass is 377 g/mol. The standard InChI is InChI=1S/C17H27N3O2.2ClH/c1-3-20(2)13-15-6-4-5-14(11-15)12-19-16(21)17(18)7-9-22-10-8-17;;/h4-6,11H,3,7-10,12-13,18H2,1-2H3,(H,19,21);2*1H. The van der Waals surface area contributed by atoms with Crippen LogP contribution in [0.2, 0.25) is 0 Å². The summed E-state index contributed by atoms with van der Waals surface area (Å²) in [6, 6.07) is 8.32. The van der Waals surface area contributed by atoms with Crippen molar-refractivity contribution in [2.75, 3.05) is 26.8 Å². The maximum atomic E-state index is 12.3. The first-order valence-corrected chi connectivity index (χ1v) is 7.95. The van der Waals surface area contributed by atoms with Crippen molar-refractivity contribution in [3.05, 3.63) is 35.4 Å². The number of halogens is 2. The molecule has 1 amide bonds. The van der Waals surface area contributed by atoms with Crippen molar-refractivity contribution < 1.29 is 9.53 Å². The Labute approximate surface area is 157 Å². The fraction of sp³-hybridized carbons (Fsp3) is 0.588. The number of amides is 1. The van der Waals surface area contributed by atoms with Crippen molar-refractivity contribution in [1.82, 2.24) is 10.2 Å². The Balaban J connectivity index is 0.00000264. The number of nitrogens with one attached hydrogen (secondary N) is 1. The van der Waals surface area contributed by atoms with Crippen LogP contribution < -0.4 is 11.1 Å². The summed E-state index contributed by atoms with van der Waals surface area (Å²) in [5.74, 6) is -0.0770. The zero-order valence-corrected chi connectivity index (χ0v) is 16.0. The summed E-state index contributed by atoms with van der Waals surface area (Å²) in [4.78, 5) is 14.5. The molecule has 138 valence electrons. The van der Waals surface area contributed by atoms with Crippen LogP contribution in [0.5, 0.6) is 0 Å². The molecule has 1 heterocycles. The van der Waals surface area contributed by atoms with Crippen LogP contribution in [0.3, 0.4) is 0 Å². The molecule has 0 atom stereocenters. The molecule has 7 heteroatoms. The van der Waals surface area contributed by atoms with E-state index in [0.717, 1.165) is 18.7 Å². The van der Waals surface area contributed by atoms with Gasteiger partial charge in [-0.3, -0.25) is 4.79 Å². The van der Waals surface area contributed by atoms with Gasteiger partial charge in [0.1, 0.15) is 0 Å². The molecule has 5 nitrogen and oxygen atoms in total. The fourth-order valence-corrected chi connectivity index (χ4v) is 2.58. The van der Waals surface area contributed by atoms with E-state index in [2.05, 4.69) is 36.3 Å². The fourth-order valence-electron chi connectivity index (χ4n) is 2.58. The summed E-state index contributed by atoms with van der Waals surface area (Å²) in [7, 11) is 2.10. The molecule has 0 aliphatic carbocycles. The molecular weight excluding hydrogens is 349 g/mol. The summed E-state index contributed by atoms with van der Waals surface area (Å²) in [5.41, 5.74) is 7.76. The third-order valence-electron chi connectivity index (χ3n) is 4.27. The minimum Gasteiger partial charge on any atom is -0.381 e. The van der Waals surface area contributed by atoms with Gasteiger partial charge in [0.05, 0.1) is 5.54 Å². The number of carbonyl (C=O) groups is 1. The Morgan fingerprint density at radius 1 is 1.29 bits per heavy atom. The second-order valence-corrected chi connectivity index (χ2v) is 6.10. The number of nitrogens with zero attached hydrogens (tertiary/aromatic N) is 1. The molecule has 24 heavy (non-hydrogen) atoms. The summed E-state index contributed by atoms with van der Waals surface area (Å²) < 4.78 is 5.28. The molecule has 0 unspecified atom stereocenters. The van der Waals surface area contributed by atoms with Gasteiger partial charge >= 0.3 is 0 Å². The Kier molecular flexibility index (Phi) is 10.5. The second kappa shape index (κ2) is 10.9. The number of hydrogen-bond acceptors (Lipinski definition) is 4. The maximum Gasteiger partial charge on any atom is 0.240 e. The number of ether oxygens (including phenoxy) is 1. The molecular formula is C17H29Cl2N3O2. The maximum absolute atomic E-state index is 12.3. The van der Waals surface area contributed by atoms with Crippen LogP contribution in [0.25, 0.3) is 0 Å². The molecule has 1 fully saturated rings. The summed E-state index contributed by atoms with van der Waals surface area (Å²) in [5, 5.41) is 2.97. The lowest BCUT2D eigenvalue weighted by atomic mass is 9.90. The van der Waals surface area contributed by atoms with E-state index in [1.807, 2.05) is 12.1 Å². The minimum absolute atomic E-state index is 0. The highest BCUT2D eigenvalue weighted by molar-refractivity contribution is 5.86. The van der Waals surface area contributed by atoms with Crippen LogP contribution in [-0.4, -0.2) is 43.2 Å². The molecule has 0 saturated carbocycles. The molecule has 2 rings (SSSR count). The van der Waals surface area contributed by atoms with Gasteiger partial charge in [-0.1, -0.05) is 31.2 Å². The highest BCUT2D eigenvalue weighted by atomic mass is 35.5. The van der Waals surface area contributed by atoms with E-state index in [1.165, 1.54) is 5.56 Å². The Hall–Kier alpha value is -0.850. The van der Waals surface area contributed by atoms with Gasteiger partial charge in [-0.25, -0.2) is 0 Å². The lowest BCUT2D eigenvalue weighted by Gasteiger charge is -2.31. The minimum atomic E-state index is -0.779. The number of hydrogen-bond donors (Lipinski definition) is 2. The number of benzene rings is 1. The highest BCUT2D eigenvalue weighted by Crippen LogP contribution is 2.18. The van der Waals surface area contributed by atoms with E-state index in [0.29, 0.717) is 32.6 Å². The van der Waals surface area contributed by atoms with Crippen molar-refractivity contribution in [3.8, 4) is 0 Å². The third kappa shape index (κ3) is 6.57. The largest absolute Gasteiger partial charge is 0.381 e. The molecule has 1 aromatic rings. The quantitative estimate of drug-likeness (QED) is 0.796. The lowest BCUT2D eigenvalue weighted by molar-refractivity contribution is -0.129. The van der Waals surface area contributed by atoms with E-state index in [4.69, 9.17) is 10.5 Å². The second-order valence-electron chi connectivity index (χ2n) is 6.10.